The topological polar surface area (TPSA) is 88.7 Å². The third-order valence-electron chi connectivity index (χ3n) is 4.10. The molecule has 0 aliphatic heterocycles. The lowest BCUT2D eigenvalue weighted by molar-refractivity contribution is 0.0955. The van der Waals surface area contributed by atoms with Crippen molar-refractivity contribution in [3.63, 3.8) is 0 Å². The highest BCUT2D eigenvalue weighted by molar-refractivity contribution is 5.98. The van der Waals surface area contributed by atoms with Crippen molar-refractivity contribution >= 4 is 23.2 Å². The average molecular weight is 352 g/mol. The van der Waals surface area contributed by atoms with E-state index in [0.29, 0.717) is 16.9 Å². The minimum Gasteiger partial charge on any atom is -0.504 e. The number of ether oxygens (including phenoxy) is 1. The van der Waals surface area contributed by atoms with Crippen LogP contribution in [0.1, 0.15) is 28.7 Å². The molecular weight excluding hydrogens is 332 g/mol. The van der Waals surface area contributed by atoms with Crippen molar-refractivity contribution in [1.29, 1.82) is 0 Å². The van der Waals surface area contributed by atoms with E-state index in [4.69, 9.17) is 4.74 Å². The summed E-state index contributed by atoms with van der Waals surface area (Å²) in [6.45, 7) is 4.82. The molecular formula is C19H20N4O3. The normalized spacial score (nSPS) is 11.2. The number of hydrogen-bond donors (Lipinski definition) is 2. The predicted molar refractivity (Wildman–Crippen MR) is 99.9 cm³/mol. The van der Waals surface area contributed by atoms with Crippen molar-refractivity contribution in [2.24, 2.45) is 5.10 Å². The zero-order valence-corrected chi connectivity index (χ0v) is 14.9. The number of phenols is 1. The Kier molecular flexibility index (Phi) is 4.88. The van der Waals surface area contributed by atoms with Crippen LogP contribution >= 0.6 is 0 Å². The number of nitrogens with zero attached hydrogens (tertiary/aromatic N) is 3. The molecule has 1 heterocycles. The van der Waals surface area contributed by atoms with Crippen molar-refractivity contribution in [3.05, 3.63) is 53.3 Å². The Hall–Kier alpha value is -3.35. The van der Waals surface area contributed by atoms with Gasteiger partial charge in [-0.1, -0.05) is 0 Å². The van der Waals surface area contributed by atoms with Crippen LogP contribution in [0.4, 0.5) is 0 Å². The van der Waals surface area contributed by atoms with E-state index in [-0.39, 0.29) is 11.7 Å². The summed E-state index contributed by atoms with van der Waals surface area (Å²) in [5, 5.41) is 13.7. The number of benzene rings is 2. The summed E-state index contributed by atoms with van der Waals surface area (Å²) in [6, 6.07) is 10.2. The highest BCUT2D eigenvalue weighted by atomic mass is 16.5. The molecule has 1 amide bonds. The number of amides is 1. The molecule has 7 nitrogen and oxygen atoms in total. The van der Waals surface area contributed by atoms with Crippen LogP contribution in [0.15, 0.2) is 41.5 Å². The first kappa shape index (κ1) is 17.5. The number of aryl methyl sites for hydroxylation is 2. The number of hydrazone groups is 1. The van der Waals surface area contributed by atoms with E-state index in [2.05, 4.69) is 27.0 Å². The fraction of sp³-hybridized carbons (Fsp3) is 0.211. The van der Waals surface area contributed by atoms with E-state index >= 15 is 0 Å². The summed E-state index contributed by atoms with van der Waals surface area (Å²) in [7, 11) is 1.48. The summed E-state index contributed by atoms with van der Waals surface area (Å²) in [5.41, 5.74) is 5.37. The zero-order chi connectivity index (χ0) is 18.7. The van der Waals surface area contributed by atoms with Crippen molar-refractivity contribution in [1.82, 2.24) is 15.0 Å². The van der Waals surface area contributed by atoms with Crippen molar-refractivity contribution in [3.8, 4) is 11.5 Å². The van der Waals surface area contributed by atoms with Crippen LogP contribution in [-0.4, -0.2) is 33.9 Å². The summed E-state index contributed by atoms with van der Waals surface area (Å²) in [6.07, 6.45) is 1.45. The molecule has 0 aliphatic rings. The van der Waals surface area contributed by atoms with Gasteiger partial charge < -0.3 is 14.4 Å². The molecule has 0 saturated heterocycles. The molecule has 3 rings (SSSR count). The molecule has 0 atom stereocenters. The van der Waals surface area contributed by atoms with Crippen LogP contribution < -0.4 is 10.2 Å². The van der Waals surface area contributed by atoms with Gasteiger partial charge >= 0.3 is 0 Å². The Balaban J connectivity index is 1.73. The molecule has 2 N–H and O–H groups in total. The maximum atomic E-state index is 12.3. The monoisotopic (exact) mass is 352 g/mol. The number of aromatic nitrogens is 2. The first-order valence-corrected chi connectivity index (χ1v) is 8.20. The molecule has 1 aromatic heterocycles. The van der Waals surface area contributed by atoms with Crippen LogP contribution in [0.2, 0.25) is 0 Å². The fourth-order valence-corrected chi connectivity index (χ4v) is 2.81. The largest absolute Gasteiger partial charge is 0.504 e. The van der Waals surface area contributed by atoms with E-state index in [0.717, 1.165) is 23.4 Å². The number of rotatable bonds is 5. The molecule has 134 valence electrons. The lowest BCUT2D eigenvalue weighted by Crippen LogP contribution is -2.17. The van der Waals surface area contributed by atoms with Crippen LogP contribution in [0.3, 0.4) is 0 Å². The molecule has 0 aliphatic carbocycles. The first-order valence-electron chi connectivity index (χ1n) is 8.20. The summed E-state index contributed by atoms with van der Waals surface area (Å²) in [4.78, 5) is 16.8. The van der Waals surface area contributed by atoms with Gasteiger partial charge in [0.1, 0.15) is 5.82 Å². The number of carbonyl (C=O) groups excluding carboxylic acids is 1. The van der Waals surface area contributed by atoms with Gasteiger partial charge in [-0.3, -0.25) is 4.79 Å². The Morgan fingerprint density at radius 2 is 2.15 bits per heavy atom. The van der Waals surface area contributed by atoms with Gasteiger partial charge in [-0.15, -0.1) is 0 Å². The lowest BCUT2D eigenvalue weighted by atomic mass is 10.2. The second-order valence-corrected chi connectivity index (χ2v) is 5.74. The molecule has 3 aromatic rings. The SMILES string of the molecule is CCn1c(C)nc2cc(C(=O)N/N=C\c3ccc(OC)c(O)c3)ccc21. The number of fused-ring (bicyclic) bond motifs is 1. The summed E-state index contributed by atoms with van der Waals surface area (Å²) >= 11 is 0. The van der Waals surface area contributed by atoms with Gasteiger partial charge in [-0.2, -0.15) is 5.10 Å². The molecule has 0 bridgehead atoms. The van der Waals surface area contributed by atoms with Gasteiger partial charge in [0.2, 0.25) is 0 Å². The van der Waals surface area contributed by atoms with E-state index < -0.39 is 0 Å². The minimum atomic E-state index is -0.329. The third kappa shape index (κ3) is 3.37. The number of aromatic hydroxyl groups is 1. The molecule has 0 fully saturated rings. The van der Waals surface area contributed by atoms with Crippen LogP contribution in [0.5, 0.6) is 11.5 Å². The van der Waals surface area contributed by atoms with E-state index in [1.807, 2.05) is 13.0 Å². The van der Waals surface area contributed by atoms with Gasteiger partial charge in [-0.25, -0.2) is 10.4 Å². The molecule has 0 radical (unpaired) electrons. The standard InChI is InChI=1S/C19H20N4O3/c1-4-23-12(2)21-15-10-14(6-7-16(15)23)19(25)22-20-11-13-5-8-18(26-3)17(24)9-13/h5-11,24H,4H2,1-3H3,(H,22,25)/b20-11-. The summed E-state index contributed by atoms with van der Waals surface area (Å²) < 4.78 is 7.07. The Morgan fingerprint density at radius 3 is 2.85 bits per heavy atom. The maximum absolute atomic E-state index is 12.3. The second kappa shape index (κ2) is 7.26. The van der Waals surface area contributed by atoms with Crippen molar-refractivity contribution in [2.45, 2.75) is 20.4 Å². The predicted octanol–water partition coefficient (Wildman–Crippen LogP) is 2.84. The van der Waals surface area contributed by atoms with Gasteiger partial charge in [-0.05, 0) is 55.8 Å². The number of nitrogens with one attached hydrogen (secondary N) is 1. The number of carbonyl (C=O) groups is 1. The Bertz CT molecular complexity index is 992. The molecule has 7 heteroatoms. The second-order valence-electron chi connectivity index (χ2n) is 5.74. The highest BCUT2D eigenvalue weighted by Crippen LogP contribution is 2.25. The van der Waals surface area contributed by atoms with Crippen LogP contribution in [-0.2, 0) is 6.54 Å². The van der Waals surface area contributed by atoms with Crippen molar-refractivity contribution in [2.75, 3.05) is 7.11 Å². The highest BCUT2D eigenvalue weighted by Gasteiger charge is 2.10. The number of phenolic OH excluding ortho intramolecular Hbond substituents is 1. The zero-order valence-electron chi connectivity index (χ0n) is 14.9. The first-order chi connectivity index (χ1) is 12.5. The lowest BCUT2D eigenvalue weighted by Gasteiger charge is -2.04. The number of hydrogen-bond acceptors (Lipinski definition) is 5. The van der Waals surface area contributed by atoms with Gasteiger partial charge in [0.05, 0.1) is 24.4 Å². The molecule has 2 aromatic carbocycles. The third-order valence-corrected chi connectivity index (χ3v) is 4.10. The van der Waals surface area contributed by atoms with E-state index in [1.165, 1.54) is 19.4 Å². The number of imidazole rings is 1. The Labute approximate surface area is 150 Å². The average Bonchev–Trinajstić information content (AvgIpc) is 2.95. The van der Waals surface area contributed by atoms with Crippen molar-refractivity contribution < 1.29 is 14.6 Å². The molecule has 26 heavy (non-hydrogen) atoms. The smallest absolute Gasteiger partial charge is 0.271 e. The Morgan fingerprint density at radius 1 is 1.35 bits per heavy atom. The van der Waals surface area contributed by atoms with Gasteiger partial charge in [0, 0.05) is 12.1 Å². The summed E-state index contributed by atoms with van der Waals surface area (Å²) in [5.74, 6) is 0.971. The number of methoxy groups -OCH3 is 1. The maximum Gasteiger partial charge on any atom is 0.271 e. The van der Waals surface area contributed by atoms with Gasteiger partial charge in [0.15, 0.2) is 11.5 Å². The van der Waals surface area contributed by atoms with Crippen LogP contribution in [0.25, 0.3) is 11.0 Å². The quantitative estimate of drug-likeness (QED) is 0.546. The van der Waals surface area contributed by atoms with E-state index in [1.54, 1.807) is 24.3 Å². The molecule has 0 unspecified atom stereocenters. The molecule has 0 saturated carbocycles. The minimum absolute atomic E-state index is 0.00936. The van der Waals surface area contributed by atoms with E-state index in [9.17, 15) is 9.90 Å². The van der Waals surface area contributed by atoms with Gasteiger partial charge in [0.25, 0.3) is 5.91 Å². The fourth-order valence-electron chi connectivity index (χ4n) is 2.81. The van der Waals surface area contributed by atoms with Crippen LogP contribution in [0, 0.1) is 6.92 Å². The molecule has 0 spiro atoms.